The molecule has 3 aromatic rings. The predicted molar refractivity (Wildman–Crippen MR) is 121 cm³/mol. The molecule has 1 N–H and O–H groups in total. The largest absolute Gasteiger partial charge is 0.497 e. The summed E-state index contributed by atoms with van der Waals surface area (Å²) in [6, 6.07) is 15.4. The number of amides is 4. The minimum atomic E-state index is -1.13. The molecule has 0 bridgehead atoms. The van der Waals surface area contributed by atoms with Crippen molar-refractivity contribution in [2.45, 2.75) is 19.0 Å². The Balaban J connectivity index is 1.59. The zero-order chi connectivity index (χ0) is 24.2. The number of nitrogens with zero attached hydrogens (tertiary/aromatic N) is 2. The average molecular weight is 465 g/mol. The van der Waals surface area contributed by atoms with Gasteiger partial charge in [0.25, 0.3) is 5.91 Å². The highest BCUT2D eigenvalue weighted by Gasteiger charge is 2.46. The van der Waals surface area contributed by atoms with E-state index < -0.39 is 35.5 Å². The second-order valence-electron chi connectivity index (χ2n) is 7.69. The number of hydrogen-bond acceptors (Lipinski definition) is 4. The highest BCUT2D eigenvalue weighted by atomic mass is 19.1. The van der Waals surface area contributed by atoms with Gasteiger partial charge in [-0.15, -0.1) is 0 Å². The monoisotopic (exact) mass is 465 g/mol. The first kappa shape index (κ1) is 22.9. The number of halogens is 2. The minimum absolute atomic E-state index is 0.0828. The van der Waals surface area contributed by atoms with Crippen molar-refractivity contribution in [2.24, 2.45) is 0 Å². The third kappa shape index (κ3) is 4.88. The van der Waals surface area contributed by atoms with Crippen molar-refractivity contribution in [3.8, 4) is 5.75 Å². The van der Waals surface area contributed by atoms with Crippen LogP contribution in [0.2, 0.25) is 0 Å². The highest BCUT2D eigenvalue weighted by Crippen LogP contribution is 2.29. The van der Waals surface area contributed by atoms with Gasteiger partial charge in [-0.25, -0.2) is 18.5 Å². The fourth-order valence-corrected chi connectivity index (χ4v) is 3.74. The average Bonchev–Trinajstić information content (AvgIpc) is 3.04. The maximum Gasteiger partial charge on any atom is 0.332 e. The van der Waals surface area contributed by atoms with Crippen molar-refractivity contribution in [2.75, 3.05) is 17.3 Å². The molecule has 0 aliphatic carbocycles. The third-order valence-corrected chi connectivity index (χ3v) is 5.40. The molecule has 0 saturated carbocycles. The van der Waals surface area contributed by atoms with Crippen LogP contribution in [-0.2, 0) is 16.1 Å². The van der Waals surface area contributed by atoms with Gasteiger partial charge in [0.05, 0.1) is 19.2 Å². The molecule has 4 amide bonds. The van der Waals surface area contributed by atoms with E-state index in [9.17, 15) is 23.2 Å². The van der Waals surface area contributed by atoms with Crippen molar-refractivity contribution in [1.29, 1.82) is 0 Å². The molecule has 0 unspecified atom stereocenters. The number of nitrogens with one attached hydrogen (secondary N) is 1. The number of benzene rings is 3. The van der Waals surface area contributed by atoms with Crippen LogP contribution in [0.5, 0.6) is 5.75 Å². The van der Waals surface area contributed by atoms with Crippen molar-refractivity contribution < 1.29 is 27.9 Å². The maximum atomic E-state index is 13.7. The first-order valence-electron chi connectivity index (χ1n) is 10.4. The molecule has 1 aliphatic rings. The van der Waals surface area contributed by atoms with Gasteiger partial charge >= 0.3 is 6.03 Å². The number of carbonyl (C=O) groups excluding carboxylic acids is 3. The lowest BCUT2D eigenvalue weighted by Gasteiger charge is -2.21. The van der Waals surface area contributed by atoms with Crippen molar-refractivity contribution >= 4 is 29.2 Å². The summed E-state index contributed by atoms with van der Waals surface area (Å²) >= 11 is 0. The second-order valence-corrected chi connectivity index (χ2v) is 7.69. The SMILES string of the molecule is COc1ccc(NC(=O)C[C@H]2C(=O)N(c3ccc(F)cc3)C(=O)N2Cc2cccc(F)c2)cc1. The summed E-state index contributed by atoms with van der Waals surface area (Å²) in [6.45, 7) is -0.0828. The van der Waals surface area contributed by atoms with Crippen LogP contribution >= 0.6 is 0 Å². The van der Waals surface area contributed by atoms with E-state index in [1.54, 1.807) is 30.3 Å². The Hall–Kier alpha value is -4.27. The van der Waals surface area contributed by atoms with Crippen LogP contribution in [-0.4, -0.2) is 35.9 Å². The van der Waals surface area contributed by atoms with Gasteiger partial charge in [0, 0.05) is 12.2 Å². The first-order valence-corrected chi connectivity index (χ1v) is 10.4. The zero-order valence-electron chi connectivity index (χ0n) is 18.2. The fraction of sp³-hybridized carbons (Fsp3) is 0.160. The lowest BCUT2D eigenvalue weighted by molar-refractivity contribution is -0.124. The highest BCUT2D eigenvalue weighted by molar-refractivity contribution is 6.22. The smallest absolute Gasteiger partial charge is 0.332 e. The Morgan fingerprint density at radius 1 is 0.971 bits per heavy atom. The first-order chi connectivity index (χ1) is 16.4. The summed E-state index contributed by atoms with van der Waals surface area (Å²) in [6.07, 6.45) is -0.316. The van der Waals surface area contributed by atoms with Crippen molar-refractivity contribution in [3.05, 3.63) is 90.0 Å². The molecule has 9 heteroatoms. The van der Waals surface area contributed by atoms with Gasteiger partial charge in [-0.1, -0.05) is 12.1 Å². The number of ether oxygens (including phenoxy) is 1. The molecule has 7 nitrogen and oxygen atoms in total. The Bertz CT molecular complexity index is 1220. The van der Waals surface area contributed by atoms with Crippen LogP contribution in [0.25, 0.3) is 0 Å². The molecular weight excluding hydrogens is 444 g/mol. The lowest BCUT2D eigenvalue weighted by Crippen LogP contribution is -2.37. The van der Waals surface area contributed by atoms with Crippen LogP contribution in [0.4, 0.5) is 25.0 Å². The van der Waals surface area contributed by atoms with Gasteiger partial charge in [0.1, 0.15) is 23.4 Å². The second kappa shape index (κ2) is 9.70. The molecule has 1 atom stereocenters. The topological polar surface area (TPSA) is 79.0 Å². The summed E-state index contributed by atoms with van der Waals surface area (Å²) in [7, 11) is 1.52. The summed E-state index contributed by atoms with van der Waals surface area (Å²) in [5.41, 5.74) is 1.14. The van der Waals surface area contributed by atoms with E-state index in [-0.39, 0.29) is 18.7 Å². The standard InChI is InChI=1S/C25H21F2N3O4/c1-34-21-11-7-19(8-12-21)28-23(31)14-22-24(32)30(20-9-5-17(26)6-10-20)25(33)29(22)15-16-3-2-4-18(27)13-16/h2-13,22H,14-15H2,1H3,(H,28,31)/t22-/m0/s1. The maximum absolute atomic E-state index is 13.7. The van der Waals surface area contributed by atoms with Gasteiger partial charge in [-0.3, -0.25) is 9.59 Å². The Kier molecular flexibility index (Phi) is 6.53. The summed E-state index contributed by atoms with van der Waals surface area (Å²) in [5.74, 6) is -1.50. The summed E-state index contributed by atoms with van der Waals surface area (Å²) < 4.78 is 32.2. The molecule has 0 spiro atoms. The molecule has 1 heterocycles. The molecule has 3 aromatic carbocycles. The molecule has 174 valence electrons. The van der Waals surface area contributed by atoms with Crippen LogP contribution in [0.15, 0.2) is 72.8 Å². The number of methoxy groups -OCH3 is 1. The number of urea groups is 1. The summed E-state index contributed by atoms with van der Waals surface area (Å²) in [5, 5.41) is 2.70. The van der Waals surface area contributed by atoms with Crippen LogP contribution in [0.3, 0.4) is 0 Å². The van der Waals surface area contributed by atoms with E-state index in [4.69, 9.17) is 4.74 Å². The summed E-state index contributed by atoms with van der Waals surface area (Å²) in [4.78, 5) is 41.3. The molecule has 1 saturated heterocycles. The molecule has 0 aromatic heterocycles. The normalized spacial score (nSPS) is 15.6. The van der Waals surface area contributed by atoms with E-state index in [0.29, 0.717) is 17.0 Å². The molecule has 34 heavy (non-hydrogen) atoms. The van der Waals surface area contributed by atoms with E-state index in [0.717, 1.165) is 17.0 Å². The Morgan fingerprint density at radius 2 is 1.68 bits per heavy atom. The minimum Gasteiger partial charge on any atom is -0.497 e. The van der Waals surface area contributed by atoms with E-state index in [2.05, 4.69) is 5.32 Å². The number of rotatable bonds is 7. The quantitative estimate of drug-likeness (QED) is 0.527. The predicted octanol–water partition coefficient (Wildman–Crippen LogP) is 4.34. The van der Waals surface area contributed by atoms with Gasteiger partial charge in [0.2, 0.25) is 5.91 Å². The van der Waals surface area contributed by atoms with Crippen LogP contribution in [0.1, 0.15) is 12.0 Å². The lowest BCUT2D eigenvalue weighted by atomic mass is 10.1. The van der Waals surface area contributed by atoms with Gasteiger partial charge < -0.3 is 15.0 Å². The van der Waals surface area contributed by atoms with Crippen LogP contribution < -0.4 is 15.0 Å². The number of hydrogen-bond donors (Lipinski definition) is 1. The molecule has 1 aliphatic heterocycles. The van der Waals surface area contributed by atoms with Crippen molar-refractivity contribution in [3.63, 3.8) is 0 Å². The Labute approximate surface area is 194 Å². The van der Waals surface area contributed by atoms with Gasteiger partial charge in [0.15, 0.2) is 0 Å². The van der Waals surface area contributed by atoms with E-state index in [1.807, 2.05) is 0 Å². The Morgan fingerprint density at radius 3 is 2.32 bits per heavy atom. The molecule has 4 rings (SSSR count). The zero-order valence-corrected chi connectivity index (χ0v) is 18.2. The fourth-order valence-electron chi connectivity index (χ4n) is 3.74. The van der Waals surface area contributed by atoms with Gasteiger partial charge in [-0.05, 0) is 66.2 Å². The van der Waals surface area contributed by atoms with Crippen molar-refractivity contribution in [1.82, 2.24) is 4.90 Å². The van der Waals surface area contributed by atoms with E-state index >= 15 is 0 Å². The van der Waals surface area contributed by atoms with Crippen LogP contribution in [0, 0.1) is 11.6 Å². The molecule has 1 fully saturated rings. The number of imide groups is 1. The molecule has 0 radical (unpaired) electrons. The number of carbonyl (C=O) groups is 3. The van der Waals surface area contributed by atoms with Gasteiger partial charge in [-0.2, -0.15) is 0 Å². The van der Waals surface area contributed by atoms with E-state index in [1.165, 1.54) is 42.3 Å². The molecular formula is C25H21F2N3O4. The number of anilines is 2. The third-order valence-electron chi connectivity index (χ3n) is 5.40.